The molecule has 0 heterocycles. The molecular weight excluding hydrogens is 1050 g/mol. The molecule has 0 aromatic heterocycles. The van der Waals surface area contributed by atoms with Crippen molar-refractivity contribution in [2.24, 2.45) is 0 Å². The lowest BCUT2D eigenvalue weighted by atomic mass is 9.92. The summed E-state index contributed by atoms with van der Waals surface area (Å²) in [6, 6.07) is 18.9. The number of rotatable bonds is 4. The number of ether oxygens (including phenoxy) is 2. The van der Waals surface area contributed by atoms with Gasteiger partial charge < -0.3 is 9.47 Å². The maximum Gasteiger partial charge on any atom is 0.220 e. The van der Waals surface area contributed by atoms with Gasteiger partial charge in [-0.1, -0.05) is 164 Å². The van der Waals surface area contributed by atoms with E-state index < -0.39 is 22.0 Å². The van der Waals surface area contributed by atoms with Crippen LogP contribution in [-0.4, -0.2) is 22.0 Å². The average Bonchev–Trinajstić information content (AvgIpc) is 2.67. The lowest BCUT2D eigenvalue weighted by Crippen LogP contribution is -2.82. The molecule has 0 amide bonds. The molecule has 1 aliphatic rings. The summed E-state index contributed by atoms with van der Waals surface area (Å²) in [6.07, 6.45) is 0. The molecule has 0 aliphatic heterocycles. The first-order chi connectivity index (χ1) is 13.7. The van der Waals surface area contributed by atoms with Gasteiger partial charge in [0.1, 0.15) is 14.7 Å². The molecule has 0 N–H and O–H groups in total. The highest BCUT2D eigenvalue weighted by molar-refractivity contribution is 9.34. The van der Waals surface area contributed by atoms with Crippen LogP contribution in [0.1, 0.15) is 0 Å². The fourth-order valence-corrected chi connectivity index (χ4v) is 14.1. The van der Waals surface area contributed by atoms with Crippen molar-refractivity contribution < 1.29 is 9.47 Å². The van der Waals surface area contributed by atoms with Gasteiger partial charge in [-0.25, -0.2) is 0 Å². The van der Waals surface area contributed by atoms with Crippen LogP contribution in [0.15, 0.2) is 60.7 Å². The third-order valence-electron chi connectivity index (χ3n) is 4.41. The first-order valence-corrected chi connectivity index (χ1v) is 16.0. The van der Waals surface area contributed by atoms with Gasteiger partial charge in [0, 0.05) is 0 Å². The zero-order valence-electron chi connectivity index (χ0n) is 14.4. The highest BCUT2D eigenvalue weighted by Gasteiger charge is 2.88. The first-order valence-electron chi connectivity index (χ1n) is 8.03. The first kappa shape index (κ1) is 27.4. The van der Waals surface area contributed by atoms with E-state index in [2.05, 4.69) is 159 Å². The summed E-state index contributed by atoms with van der Waals surface area (Å²) in [5, 5.41) is 0. The molecular formula is C18H10Br10O2. The molecule has 3 rings (SSSR count). The molecule has 2 unspecified atom stereocenters. The molecule has 1 saturated carbocycles. The number of benzene rings is 2. The molecule has 0 radical (unpaired) electrons. The molecule has 30 heavy (non-hydrogen) atoms. The Balaban J connectivity index is 2.25. The molecule has 2 atom stereocenters. The van der Waals surface area contributed by atoms with E-state index in [-0.39, 0.29) is 0 Å². The van der Waals surface area contributed by atoms with Crippen molar-refractivity contribution in [2.75, 3.05) is 0 Å². The normalized spacial score (nSPS) is 31.0. The highest BCUT2D eigenvalue weighted by Crippen LogP contribution is 2.80. The minimum Gasteiger partial charge on any atom is -0.471 e. The van der Waals surface area contributed by atoms with Gasteiger partial charge in [0.25, 0.3) is 0 Å². The molecule has 1 fully saturated rings. The van der Waals surface area contributed by atoms with E-state index in [1.54, 1.807) is 0 Å². The summed E-state index contributed by atoms with van der Waals surface area (Å²) in [6.45, 7) is 0. The summed E-state index contributed by atoms with van der Waals surface area (Å²) >= 11 is 38.5. The third-order valence-corrected chi connectivity index (χ3v) is 24.8. The Labute approximate surface area is 259 Å². The van der Waals surface area contributed by atoms with Crippen molar-refractivity contribution in [1.82, 2.24) is 0 Å². The molecule has 2 aromatic rings. The number of alkyl halides is 10. The van der Waals surface area contributed by atoms with E-state index >= 15 is 0 Å². The topological polar surface area (TPSA) is 18.5 Å². The summed E-state index contributed by atoms with van der Waals surface area (Å²) < 4.78 is 6.61. The molecule has 12 heteroatoms. The van der Waals surface area contributed by atoms with Crippen LogP contribution in [0, 0.1) is 0 Å². The van der Waals surface area contributed by atoms with Gasteiger partial charge in [-0.05, 0) is 56.1 Å². The molecule has 0 spiro atoms. The van der Waals surface area contributed by atoms with Gasteiger partial charge >= 0.3 is 0 Å². The fraction of sp³-hybridized carbons (Fsp3) is 0.333. The minimum absolute atomic E-state index is 0.642. The highest BCUT2D eigenvalue weighted by atomic mass is 79.9. The van der Waals surface area contributed by atoms with Crippen LogP contribution >= 0.6 is 159 Å². The van der Waals surface area contributed by atoms with E-state index in [1.165, 1.54) is 0 Å². The number of hydrogen-bond acceptors (Lipinski definition) is 2. The largest absolute Gasteiger partial charge is 0.471 e. The Morgan fingerprint density at radius 2 is 0.700 bits per heavy atom. The molecule has 1 aliphatic carbocycles. The van der Waals surface area contributed by atoms with Gasteiger partial charge in [0.2, 0.25) is 9.02 Å². The van der Waals surface area contributed by atoms with Crippen LogP contribution in [0.5, 0.6) is 11.5 Å². The Morgan fingerprint density at radius 1 is 0.400 bits per heavy atom. The van der Waals surface area contributed by atoms with Crippen molar-refractivity contribution in [3.8, 4) is 11.5 Å². The zero-order chi connectivity index (χ0) is 22.6. The third kappa shape index (κ3) is 4.00. The van der Waals surface area contributed by atoms with Crippen LogP contribution in [0.4, 0.5) is 0 Å². The quantitative estimate of drug-likeness (QED) is 0.284. The zero-order valence-corrected chi connectivity index (χ0v) is 30.2. The van der Waals surface area contributed by atoms with Crippen molar-refractivity contribution in [3.63, 3.8) is 0 Å². The summed E-state index contributed by atoms with van der Waals surface area (Å²) in [4.78, 5) is 0. The number of para-hydroxylation sites is 2. The second kappa shape index (κ2) is 9.37. The van der Waals surface area contributed by atoms with Crippen molar-refractivity contribution in [2.45, 2.75) is 22.0 Å². The second-order valence-electron chi connectivity index (χ2n) is 6.32. The van der Waals surface area contributed by atoms with Gasteiger partial charge in [-0.15, -0.1) is 0 Å². The van der Waals surface area contributed by atoms with E-state index in [4.69, 9.17) is 9.47 Å². The number of hydrogen-bond donors (Lipinski definition) is 0. The van der Waals surface area contributed by atoms with Gasteiger partial charge in [0.15, 0.2) is 9.70 Å². The smallest absolute Gasteiger partial charge is 0.220 e. The lowest BCUT2D eigenvalue weighted by Gasteiger charge is -2.65. The average molecular weight is 1060 g/mol. The predicted molar refractivity (Wildman–Crippen MR) is 160 cm³/mol. The van der Waals surface area contributed by atoms with E-state index in [1.807, 2.05) is 60.7 Å². The van der Waals surface area contributed by atoms with E-state index in [0.717, 1.165) is 0 Å². The minimum atomic E-state index is -1.22. The van der Waals surface area contributed by atoms with Crippen molar-refractivity contribution in [3.05, 3.63) is 60.7 Å². The maximum absolute atomic E-state index is 6.55. The summed E-state index contributed by atoms with van der Waals surface area (Å²) in [5.74, 6) is 1.28. The standard InChI is InChI=1S/C18H10Br10O2/c19-13(20)14(21,22)17(27,29-11-7-3-1-4-8-11)16(25,26)18(28,15(13,23)24)30-12-9-5-2-6-10-12/h1-10H. The molecule has 0 saturated heterocycles. The van der Waals surface area contributed by atoms with Crippen LogP contribution in [-0.2, 0) is 0 Å². The lowest BCUT2D eigenvalue weighted by molar-refractivity contribution is 0.0359. The monoisotopic (exact) mass is 1050 g/mol. The predicted octanol–water partition coefficient (Wildman–Crippen LogP) is 10.3. The van der Waals surface area contributed by atoms with Crippen LogP contribution in [0.3, 0.4) is 0 Å². The summed E-state index contributed by atoms with van der Waals surface area (Å²) in [7, 11) is 0. The molecule has 0 bridgehead atoms. The van der Waals surface area contributed by atoms with Crippen LogP contribution < -0.4 is 9.47 Å². The van der Waals surface area contributed by atoms with Crippen LogP contribution in [0.2, 0.25) is 0 Å². The molecule has 2 nitrogen and oxygen atoms in total. The van der Waals surface area contributed by atoms with Crippen molar-refractivity contribution in [1.29, 1.82) is 0 Å². The van der Waals surface area contributed by atoms with Gasteiger partial charge in [-0.2, -0.15) is 0 Å². The van der Waals surface area contributed by atoms with E-state index in [0.29, 0.717) is 11.5 Å². The van der Waals surface area contributed by atoms with E-state index in [9.17, 15) is 0 Å². The molecule has 164 valence electrons. The fourth-order valence-electron chi connectivity index (χ4n) is 2.76. The Hall–Kier alpha value is 2.84. The number of halogens is 10. The maximum atomic E-state index is 6.55. The van der Waals surface area contributed by atoms with Crippen LogP contribution in [0.25, 0.3) is 0 Å². The second-order valence-corrected chi connectivity index (χ2v) is 22.3. The van der Waals surface area contributed by atoms with Gasteiger partial charge in [-0.3, -0.25) is 0 Å². The Bertz CT molecular complexity index is 834. The Kier molecular flexibility index (Phi) is 8.57. The Morgan fingerprint density at radius 3 is 1.00 bits per heavy atom. The van der Waals surface area contributed by atoms with Gasteiger partial charge in [0.05, 0.1) is 0 Å². The summed E-state index contributed by atoms with van der Waals surface area (Å²) in [5.41, 5.74) is 0. The molecule has 2 aromatic carbocycles. The van der Waals surface area contributed by atoms with Crippen molar-refractivity contribution >= 4 is 159 Å². The SMILES string of the molecule is BrC1(Br)C(Br)(Br)C(Br)(Oc2ccccc2)C(Br)(Br)C(Br)(Oc2ccccc2)C1(Br)Br.